The van der Waals surface area contributed by atoms with Crippen LogP contribution in [0.5, 0.6) is 0 Å². The van der Waals surface area contributed by atoms with Crippen LogP contribution in [0.1, 0.15) is 37.9 Å². The van der Waals surface area contributed by atoms with Gasteiger partial charge in [-0.05, 0) is 25.6 Å². The van der Waals surface area contributed by atoms with Crippen molar-refractivity contribution in [2.75, 3.05) is 56.0 Å². The summed E-state index contributed by atoms with van der Waals surface area (Å²) < 4.78 is 26.9. The first-order valence-corrected chi connectivity index (χ1v) is 12.7. The van der Waals surface area contributed by atoms with Crippen LogP contribution in [-0.4, -0.2) is 76.5 Å². The average molecular weight is 494 g/mol. The van der Waals surface area contributed by atoms with E-state index in [0.717, 1.165) is 42.3 Å². The van der Waals surface area contributed by atoms with Gasteiger partial charge in [0.25, 0.3) is 0 Å². The molecule has 5 heterocycles. The van der Waals surface area contributed by atoms with E-state index in [1.165, 1.54) is 13.1 Å². The minimum absolute atomic E-state index is 0.0182. The summed E-state index contributed by atoms with van der Waals surface area (Å²) >= 11 is 0. The van der Waals surface area contributed by atoms with Gasteiger partial charge in [0.05, 0.1) is 23.3 Å². The first kappa shape index (κ1) is 23.3. The molecule has 0 aromatic carbocycles. The molecule has 3 aliphatic heterocycles. The SMILES string of the molecule is C=Cc1cnc(Nc2ccc(N3CC4(CN(CC)C4)C3)cn2)nc1/C(=C\C)N1CC2(C1)CC(F)(F)C2. The second kappa shape index (κ2) is 8.23. The topological polar surface area (TPSA) is 60.4 Å². The van der Waals surface area contributed by atoms with E-state index in [4.69, 9.17) is 4.98 Å². The summed E-state index contributed by atoms with van der Waals surface area (Å²) in [6.45, 7) is 15.0. The van der Waals surface area contributed by atoms with E-state index in [0.29, 0.717) is 30.3 Å². The lowest BCUT2D eigenvalue weighted by atomic mass is 9.61. The van der Waals surface area contributed by atoms with Crippen molar-refractivity contribution >= 4 is 29.2 Å². The Morgan fingerprint density at radius 3 is 2.39 bits per heavy atom. The van der Waals surface area contributed by atoms with Gasteiger partial charge in [0.2, 0.25) is 11.9 Å². The van der Waals surface area contributed by atoms with Gasteiger partial charge in [0.1, 0.15) is 5.82 Å². The number of halogens is 2. The third kappa shape index (κ3) is 3.93. The summed E-state index contributed by atoms with van der Waals surface area (Å²) in [5.74, 6) is -1.39. The van der Waals surface area contributed by atoms with Crippen LogP contribution >= 0.6 is 0 Å². The lowest BCUT2D eigenvalue weighted by Gasteiger charge is -2.61. The van der Waals surface area contributed by atoms with Gasteiger partial charge >= 0.3 is 0 Å². The molecule has 2 aromatic rings. The quantitative estimate of drug-likeness (QED) is 0.610. The van der Waals surface area contributed by atoms with Crippen LogP contribution in [0.2, 0.25) is 0 Å². The van der Waals surface area contributed by atoms with Crippen LogP contribution in [0.15, 0.2) is 37.2 Å². The maximum absolute atomic E-state index is 13.5. The maximum atomic E-state index is 13.5. The normalized spacial score (nSPS) is 23.5. The lowest BCUT2D eigenvalue weighted by molar-refractivity contribution is -0.202. The van der Waals surface area contributed by atoms with Crippen LogP contribution in [0.25, 0.3) is 11.8 Å². The van der Waals surface area contributed by atoms with Crippen molar-refractivity contribution in [1.82, 2.24) is 24.8 Å². The van der Waals surface area contributed by atoms with Crippen molar-refractivity contribution in [3.05, 3.63) is 48.4 Å². The molecule has 1 aliphatic carbocycles. The van der Waals surface area contributed by atoms with Gasteiger partial charge in [-0.2, -0.15) is 0 Å². The number of anilines is 3. The number of hydrogen-bond donors (Lipinski definition) is 1. The fourth-order valence-electron chi connectivity index (χ4n) is 6.51. The highest BCUT2D eigenvalue weighted by atomic mass is 19.3. The fourth-order valence-corrected chi connectivity index (χ4v) is 6.51. The van der Waals surface area contributed by atoms with Crippen LogP contribution in [0, 0.1) is 10.8 Å². The van der Waals surface area contributed by atoms with Crippen molar-refractivity contribution in [3.63, 3.8) is 0 Å². The lowest BCUT2D eigenvalue weighted by Crippen LogP contribution is -2.72. The highest BCUT2D eigenvalue weighted by molar-refractivity contribution is 5.71. The summed E-state index contributed by atoms with van der Waals surface area (Å²) in [5.41, 5.74) is 3.83. The second-order valence-electron chi connectivity index (χ2n) is 11.1. The second-order valence-corrected chi connectivity index (χ2v) is 11.1. The van der Waals surface area contributed by atoms with Crippen molar-refractivity contribution in [3.8, 4) is 0 Å². The highest BCUT2D eigenvalue weighted by Crippen LogP contribution is 2.58. The van der Waals surface area contributed by atoms with E-state index < -0.39 is 5.92 Å². The summed E-state index contributed by atoms with van der Waals surface area (Å²) in [6.07, 6.45) is 7.31. The Morgan fingerprint density at radius 2 is 1.81 bits per heavy atom. The number of rotatable bonds is 7. The molecule has 1 saturated carbocycles. The van der Waals surface area contributed by atoms with Crippen LogP contribution < -0.4 is 10.2 Å². The molecule has 3 saturated heterocycles. The molecule has 0 amide bonds. The Morgan fingerprint density at radius 1 is 1.06 bits per heavy atom. The molecule has 4 aliphatic rings. The molecule has 9 heteroatoms. The predicted octanol–water partition coefficient (Wildman–Crippen LogP) is 4.49. The minimum atomic E-state index is -2.51. The van der Waals surface area contributed by atoms with Gasteiger partial charge in [0.15, 0.2) is 0 Å². The van der Waals surface area contributed by atoms with Gasteiger partial charge in [0, 0.05) is 74.7 Å². The van der Waals surface area contributed by atoms with E-state index in [1.54, 1.807) is 12.3 Å². The zero-order valence-corrected chi connectivity index (χ0v) is 21.0. The Balaban J connectivity index is 1.11. The molecule has 7 nitrogen and oxygen atoms in total. The Labute approximate surface area is 210 Å². The van der Waals surface area contributed by atoms with Crippen LogP contribution in [0.3, 0.4) is 0 Å². The maximum Gasteiger partial charge on any atom is 0.249 e. The number of aromatic nitrogens is 3. The number of hydrogen-bond acceptors (Lipinski definition) is 7. The molecule has 0 atom stereocenters. The molecule has 0 radical (unpaired) electrons. The third-order valence-corrected chi connectivity index (χ3v) is 8.18. The number of likely N-dealkylation sites (tertiary alicyclic amines) is 2. The van der Waals surface area contributed by atoms with E-state index >= 15 is 0 Å². The zero-order valence-electron chi connectivity index (χ0n) is 21.0. The van der Waals surface area contributed by atoms with Crippen molar-refractivity contribution < 1.29 is 8.78 Å². The van der Waals surface area contributed by atoms with Crippen molar-refractivity contribution in [1.29, 1.82) is 0 Å². The molecular weight excluding hydrogens is 460 g/mol. The number of alkyl halides is 2. The third-order valence-electron chi connectivity index (χ3n) is 8.18. The number of nitrogens with zero attached hydrogens (tertiary/aromatic N) is 6. The van der Waals surface area contributed by atoms with E-state index in [2.05, 4.69) is 49.6 Å². The Hall–Kier alpha value is -3.07. The van der Waals surface area contributed by atoms with Crippen LogP contribution in [-0.2, 0) is 0 Å². The molecule has 4 fully saturated rings. The average Bonchev–Trinajstić information content (AvgIpc) is 2.76. The van der Waals surface area contributed by atoms with Crippen LogP contribution in [0.4, 0.5) is 26.2 Å². The van der Waals surface area contributed by atoms with Gasteiger partial charge in [-0.15, -0.1) is 0 Å². The first-order chi connectivity index (χ1) is 17.2. The number of pyridine rings is 1. The minimum Gasteiger partial charge on any atom is -0.369 e. The monoisotopic (exact) mass is 493 g/mol. The number of nitrogens with one attached hydrogen (secondary N) is 1. The van der Waals surface area contributed by atoms with E-state index in [1.807, 2.05) is 25.3 Å². The molecule has 36 heavy (non-hydrogen) atoms. The summed E-state index contributed by atoms with van der Waals surface area (Å²) in [7, 11) is 0. The standard InChI is InChI=1S/C27H33F2N7/c1-4-19-9-31-24(33-23(19)21(5-2)36-15-25(16-36)11-27(28,29)12-25)32-22-8-7-20(10-30-22)35-17-26(18-35)13-34(6-3)14-26/h4-5,7-10H,1,6,11-18H2,2-3H3,(H,30,31,32,33)/b21-5+. The number of allylic oxidation sites excluding steroid dienone is 1. The van der Waals surface area contributed by atoms with Crippen molar-refractivity contribution in [2.24, 2.45) is 10.8 Å². The zero-order chi connectivity index (χ0) is 25.1. The molecule has 0 unspecified atom stereocenters. The van der Waals surface area contributed by atoms with E-state index in [9.17, 15) is 8.78 Å². The predicted molar refractivity (Wildman–Crippen MR) is 138 cm³/mol. The summed E-state index contributed by atoms with van der Waals surface area (Å²) in [5, 5.41) is 3.22. The first-order valence-electron chi connectivity index (χ1n) is 12.7. The van der Waals surface area contributed by atoms with Gasteiger partial charge in [-0.3, -0.25) is 0 Å². The molecular formula is C27H33F2N7. The molecule has 6 rings (SSSR count). The molecule has 2 spiro atoms. The van der Waals surface area contributed by atoms with E-state index in [-0.39, 0.29) is 18.3 Å². The van der Waals surface area contributed by atoms with Gasteiger partial charge in [-0.1, -0.05) is 25.7 Å². The molecule has 190 valence electrons. The smallest absolute Gasteiger partial charge is 0.249 e. The van der Waals surface area contributed by atoms with Gasteiger partial charge in [-0.25, -0.2) is 23.7 Å². The summed E-state index contributed by atoms with van der Waals surface area (Å²) in [6, 6.07) is 4.04. The highest BCUT2D eigenvalue weighted by Gasteiger charge is 2.62. The summed E-state index contributed by atoms with van der Waals surface area (Å²) in [4.78, 5) is 20.8. The Bertz CT molecular complexity index is 1180. The molecule has 0 bridgehead atoms. The van der Waals surface area contributed by atoms with Crippen molar-refractivity contribution in [2.45, 2.75) is 32.6 Å². The fraction of sp³-hybridized carbons (Fsp3) is 0.519. The molecule has 1 N–H and O–H groups in total. The van der Waals surface area contributed by atoms with Gasteiger partial charge < -0.3 is 20.0 Å². The molecule has 2 aromatic heterocycles. The largest absolute Gasteiger partial charge is 0.369 e. The Kier molecular flexibility index (Phi) is 5.33.